The number of esters is 1. The fourth-order valence-electron chi connectivity index (χ4n) is 5.62. The number of halogens is 2. The highest BCUT2D eigenvalue weighted by Crippen LogP contribution is 2.51. The number of hydrogen-bond acceptors (Lipinski definition) is 7. The van der Waals surface area contributed by atoms with Gasteiger partial charge in [0.1, 0.15) is 23.7 Å². The van der Waals surface area contributed by atoms with Crippen LogP contribution in [0.3, 0.4) is 0 Å². The lowest BCUT2D eigenvalue weighted by Gasteiger charge is -2.37. The van der Waals surface area contributed by atoms with E-state index in [0.717, 1.165) is 0 Å². The van der Waals surface area contributed by atoms with E-state index >= 15 is 0 Å². The first-order valence-electron chi connectivity index (χ1n) is 16.3. The highest BCUT2D eigenvalue weighted by atomic mass is 19.3. The van der Waals surface area contributed by atoms with E-state index in [9.17, 15) is 37.5 Å². The highest BCUT2D eigenvalue weighted by Gasteiger charge is 2.58. The van der Waals surface area contributed by atoms with Crippen LogP contribution >= 0.6 is 0 Å². The first kappa shape index (κ1) is 40.6. The minimum absolute atomic E-state index is 0.0729. The van der Waals surface area contributed by atoms with E-state index in [0.29, 0.717) is 0 Å². The predicted molar refractivity (Wildman–Crippen MR) is 175 cm³/mol. The molecule has 5 N–H and O–H groups in total. The number of hydrogen-bond donors (Lipinski definition) is 4. The van der Waals surface area contributed by atoms with E-state index in [-0.39, 0.29) is 18.9 Å². The van der Waals surface area contributed by atoms with E-state index in [1.807, 2.05) is 13.8 Å². The quantitative estimate of drug-likeness (QED) is 0.138. The number of nitrogens with one attached hydrogen (secondary N) is 3. The number of allylic oxidation sites excluding steroid dienone is 1. The molecule has 2 fully saturated rings. The van der Waals surface area contributed by atoms with Gasteiger partial charge in [0.05, 0.1) is 6.04 Å². The summed E-state index contributed by atoms with van der Waals surface area (Å²) in [4.78, 5) is 80.2. The van der Waals surface area contributed by atoms with Gasteiger partial charge in [-0.2, -0.15) is 0 Å². The molecule has 0 aromatic heterocycles. The van der Waals surface area contributed by atoms with E-state index in [2.05, 4.69) is 22.5 Å². The molecule has 2 aliphatic rings. The lowest BCUT2D eigenvalue weighted by Crippen LogP contribution is -2.62. The van der Waals surface area contributed by atoms with Gasteiger partial charge in [0.15, 0.2) is 0 Å². The first-order chi connectivity index (χ1) is 21.5. The molecule has 5 amide bonds. The van der Waals surface area contributed by atoms with Crippen LogP contribution < -0.4 is 21.7 Å². The van der Waals surface area contributed by atoms with E-state index < -0.39 is 106 Å². The van der Waals surface area contributed by atoms with Gasteiger partial charge in [-0.1, -0.05) is 61.5 Å². The van der Waals surface area contributed by atoms with Crippen LogP contribution in [0.2, 0.25) is 0 Å². The Balaban J connectivity index is 2.42. The summed E-state index contributed by atoms with van der Waals surface area (Å²) in [7, 11) is 0. The molecule has 48 heavy (non-hydrogen) atoms. The van der Waals surface area contributed by atoms with Crippen LogP contribution in [0.5, 0.6) is 0 Å². The maximum absolute atomic E-state index is 14.4. The maximum atomic E-state index is 14.4. The largest absolute Gasteiger partial charge is 0.458 e. The van der Waals surface area contributed by atoms with Crippen molar-refractivity contribution in [3.63, 3.8) is 0 Å². The molecular weight excluding hydrogens is 628 g/mol. The number of nitrogens with zero attached hydrogens (tertiary/aromatic N) is 1. The Labute approximate surface area is 282 Å². The molecule has 1 saturated carbocycles. The summed E-state index contributed by atoms with van der Waals surface area (Å²) < 4.78 is 33.0. The fraction of sp³-hybridized carbons (Fsp3) is 0.765. The lowest BCUT2D eigenvalue weighted by atomic mass is 9.77. The van der Waals surface area contributed by atoms with Crippen molar-refractivity contribution in [2.75, 3.05) is 6.54 Å². The molecular formula is C34H55F2N5O7. The third-order valence-electron chi connectivity index (χ3n) is 8.99. The second-order valence-corrected chi connectivity index (χ2v) is 16.9. The zero-order chi connectivity index (χ0) is 37.4. The Morgan fingerprint density at radius 3 is 1.83 bits per heavy atom. The summed E-state index contributed by atoms with van der Waals surface area (Å²) in [5.41, 5.74) is 2.14. The number of alkyl halides is 2. The lowest BCUT2D eigenvalue weighted by molar-refractivity contribution is -0.160. The smallest absolute Gasteiger partial charge is 0.329 e. The van der Waals surface area contributed by atoms with Crippen molar-refractivity contribution in [2.24, 2.45) is 33.8 Å². The molecule has 1 aliphatic carbocycles. The molecule has 272 valence electrons. The standard InChI is InChI=1S/C34H55F2N5O7/c1-13-33(11,12)19-15-21(26(44)38-20(22(42)25(37)43)14-18-16-34(18,35)36)41(17-19)27(45)23(30(2,3)4)39-29(47)40-24(31(5,6)7)28(46)48-32(8,9)10/h13,18-21,23-24H,1,14-17H2,2-12H3,(H2,37,43)(H,38,44)(H2,39,40,47)/t18?,19-,20?,21+,23-,24-/m1/s1. The number of carbonyl (C=O) groups excluding carboxylic acids is 6. The molecule has 0 aromatic rings. The average Bonchev–Trinajstić information content (AvgIpc) is 3.28. The van der Waals surface area contributed by atoms with Crippen molar-refractivity contribution in [2.45, 2.75) is 131 Å². The molecule has 1 heterocycles. The number of nitrogens with two attached hydrogens (primary N) is 1. The van der Waals surface area contributed by atoms with E-state index in [4.69, 9.17) is 10.5 Å². The number of amides is 5. The number of primary amides is 1. The van der Waals surface area contributed by atoms with Crippen LogP contribution in [0.4, 0.5) is 13.6 Å². The number of rotatable bonds is 12. The van der Waals surface area contributed by atoms with Gasteiger partial charge < -0.3 is 31.3 Å². The van der Waals surface area contributed by atoms with Gasteiger partial charge in [-0.15, -0.1) is 6.58 Å². The zero-order valence-electron chi connectivity index (χ0n) is 30.2. The summed E-state index contributed by atoms with van der Waals surface area (Å²) >= 11 is 0. The van der Waals surface area contributed by atoms with Crippen LogP contribution in [0.25, 0.3) is 0 Å². The van der Waals surface area contributed by atoms with Gasteiger partial charge in [0.2, 0.25) is 17.6 Å². The molecule has 2 rings (SSSR count). The Bertz CT molecular complexity index is 1300. The molecule has 0 spiro atoms. The van der Waals surface area contributed by atoms with Crippen molar-refractivity contribution >= 4 is 35.5 Å². The number of ether oxygens (including phenoxy) is 1. The maximum Gasteiger partial charge on any atom is 0.329 e. The monoisotopic (exact) mass is 683 g/mol. The minimum atomic E-state index is -3.02. The number of carbonyl (C=O) groups is 6. The summed E-state index contributed by atoms with van der Waals surface area (Å²) in [5, 5.41) is 7.77. The summed E-state index contributed by atoms with van der Waals surface area (Å²) in [5.74, 6) is -9.19. The van der Waals surface area contributed by atoms with Gasteiger partial charge >= 0.3 is 12.0 Å². The Morgan fingerprint density at radius 2 is 1.42 bits per heavy atom. The van der Waals surface area contributed by atoms with Crippen molar-refractivity contribution in [3.8, 4) is 0 Å². The van der Waals surface area contributed by atoms with Gasteiger partial charge in [-0.05, 0) is 55.8 Å². The topological polar surface area (TPSA) is 177 Å². The molecule has 0 aromatic carbocycles. The molecule has 0 bridgehead atoms. The van der Waals surface area contributed by atoms with Crippen LogP contribution in [0.1, 0.15) is 95.4 Å². The summed E-state index contributed by atoms with van der Waals surface area (Å²) in [6.07, 6.45) is 0.856. The first-order valence-corrected chi connectivity index (χ1v) is 16.3. The molecule has 6 atom stereocenters. The van der Waals surface area contributed by atoms with Crippen LogP contribution in [0, 0.1) is 28.1 Å². The van der Waals surface area contributed by atoms with Crippen molar-refractivity contribution in [1.82, 2.24) is 20.9 Å². The number of urea groups is 1. The van der Waals surface area contributed by atoms with Gasteiger partial charge in [-0.25, -0.2) is 18.4 Å². The van der Waals surface area contributed by atoms with E-state index in [1.165, 1.54) is 4.90 Å². The molecule has 0 radical (unpaired) electrons. The Hall–Kier alpha value is -3.58. The average molecular weight is 684 g/mol. The molecule has 12 nitrogen and oxygen atoms in total. The zero-order valence-corrected chi connectivity index (χ0v) is 30.2. The normalized spacial score (nSPS) is 22.9. The molecule has 1 aliphatic heterocycles. The second-order valence-electron chi connectivity index (χ2n) is 16.9. The highest BCUT2D eigenvalue weighted by molar-refractivity contribution is 6.37. The van der Waals surface area contributed by atoms with Gasteiger partial charge in [0.25, 0.3) is 11.8 Å². The molecule has 2 unspecified atom stereocenters. The predicted octanol–water partition coefficient (Wildman–Crippen LogP) is 3.47. The van der Waals surface area contributed by atoms with Gasteiger partial charge in [-0.3, -0.25) is 19.2 Å². The minimum Gasteiger partial charge on any atom is -0.458 e. The summed E-state index contributed by atoms with van der Waals surface area (Å²) in [6, 6.07) is -5.86. The van der Waals surface area contributed by atoms with Crippen LogP contribution in [0.15, 0.2) is 12.7 Å². The van der Waals surface area contributed by atoms with Crippen LogP contribution in [-0.2, 0) is 28.7 Å². The Morgan fingerprint density at radius 1 is 0.917 bits per heavy atom. The second kappa shape index (κ2) is 14.1. The van der Waals surface area contributed by atoms with Crippen molar-refractivity contribution in [1.29, 1.82) is 0 Å². The van der Waals surface area contributed by atoms with Crippen molar-refractivity contribution in [3.05, 3.63) is 12.7 Å². The SMILES string of the molecule is C=CC(C)(C)[C@@H]1C[C@@H](C(=O)NC(CC2CC2(F)F)C(=O)C(N)=O)N(C(=O)[C@@H](NC(=O)N[C@H](C(=O)OC(C)(C)C)C(C)(C)C)C(C)(C)C)C1. The summed E-state index contributed by atoms with van der Waals surface area (Å²) in [6.45, 7) is 23.3. The van der Waals surface area contributed by atoms with E-state index in [1.54, 1.807) is 68.4 Å². The number of likely N-dealkylation sites (tertiary alicyclic amines) is 1. The van der Waals surface area contributed by atoms with Gasteiger partial charge in [0, 0.05) is 18.9 Å². The van der Waals surface area contributed by atoms with Crippen molar-refractivity contribution < 1.29 is 42.3 Å². The third kappa shape index (κ3) is 10.5. The molecule has 1 saturated heterocycles. The van der Waals surface area contributed by atoms with Crippen LogP contribution in [-0.4, -0.2) is 82.6 Å². The Kier molecular flexibility index (Phi) is 11.9. The number of ketones is 1. The third-order valence-corrected chi connectivity index (χ3v) is 8.99. The number of Topliss-reactive ketones (excluding diaryl/α,β-unsaturated/α-hetero) is 1. The fourth-order valence-corrected chi connectivity index (χ4v) is 5.62. The molecule has 14 heteroatoms.